The fourth-order valence-corrected chi connectivity index (χ4v) is 5.03. The zero-order chi connectivity index (χ0) is 30.8. The van der Waals surface area contributed by atoms with Gasteiger partial charge in [-0.05, 0) is 67.3 Å². The van der Waals surface area contributed by atoms with Crippen LogP contribution in [0.3, 0.4) is 0 Å². The minimum Gasteiger partial charge on any atom is -0.289 e. The molecule has 0 radical (unpaired) electrons. The van der Waals surface area contributed by atoms with E-state index in [2.05, 4.69) is 19.9 Å². The van der Waals surface area contributed by atoms with Crippen molar-refractivity contribution >= 4 is 45.5 Å². The third kappa shape index (κ3) is 6.36. The molecule has 0 spiro atoms. The average molecular weight is 633 g/mol. The minimum atomic E-state index is -2.66. The third-order valence-corrected chi connectivity index (χ3v) is 7.60. The Morgan fingerprint density at radius 2 is 1.16 bits per heavy atom. The first-order valence-corrected chi connectivity index (χ1v) is 14.5. The van der Waals surface area contributed by atoms with Crippen LogP contribution in [0.4, 0.5) is 8.78 Å². The zero-order valence-electron chi connectivity index (χ0n) is 23.1. The maximum Gasteiger partial charge on any atom is 0.278 e. The first-order chi connectivity index (χ1) is 21.3. The van der Waals surface area contributed by atoms with Gasteiger partial charge in [-0.3, -0.25) is 18.7 Å². The molecule has 1 saturated carbocycles. The van der Waals surface area contributed by atoms with E-state index in [1.807, 2.05) is 24.3 Å². The Morgan fingerprint density at radius 1 is 0.705 bits per heavy atom. The lowest BCUT2D eigenvalue weighted by Gasteiger charge is -2.11. The van der Waals surface area contributed by atoms with Crippen LogP contribution in [0, 0.1) is 5.92 Å². The van der Waals surface area contributed by atoms with E-state index in [9.17, 15) is 18.4 Å². The lowest BCUT2D eigenvalue weighted by molar-refractivity contribution is 0.126. The number of hydrogen-bond acceptors (Lipinski definition) is 6. The molecule has 0 aliphatic heterocycles. The Hall–Kier alpha value is -4.54. The number of hydrogen-bond donors (Lipinski definition) is 0. The summed E-state index contributed by atoms with van der Waals surface area (Å²) in [6, 6.07) is 20.7. The highest BCUT2D eigenvalue weighted by atomic mass is 35.5. The largest absolute Gasteiger partial charge is 0.289 e. The molecule has 4 aromatic heterocycles. The molecule has 0 N–H and O–H groups in total. The van der Waals surface area contributed by atoms with Crippen molar-refractivity contribution in [1.82, 2.24) is 29.1 Å². The smallest absolute Gasteiger partial charge is 0.278 e. The van der Waals surface area contributed by atoms with E-state index in [-0.39, 0.29) is 16.9 Å². The second-order valence-electron chi connectivity index (χ2n) is 10.3. The number of rotatable bonds is 6. The highest BCUT2D eigenvalue weighted by Gasteiger charge is 2.24. The molecule has 2 aromatic carbocycles. The number of halogens is 4. The van der Waals surface area contributed by atoms with Gasteiger partial charge in [-0.15, -0.1) is 0 Å². The van der Waals surface area contributed by atoms with Crippen molar-refractivity contribution in [3.63, 3.8) is 0 Å². The maximum atomic E-state index is 12.9. The summed E-state index contributed by atoms with van der Waals surface area (Å²) in [4.78, 5) is 42.5. The quantitative estimate of drug-likeness (QED) is 0.198. The molecule has 7 rings (SSSR count). The number of benzene rings is 2. The second kappa shape index (κ2) is 12.6. The van der Waals surface area contributed by atoms with Crippen LogP contribution in [-0.4, -0.2) is 35.5 Å². The highest BCUT2D eigenvalue weighted by Crippen LogP contribution is 2.31. The SMILES string of the molecule is O=c1c(-c2ccc(Cl)cc2)nc2cccnc2n1CC(F)F.O=c1c(-c2ccc(Cl)cc2)nc2cccnc2n1CC1CC1. The van der Waals surface area contributed by atoms with Gasteiger partial charge in [0.2, 0.25) is 0 Å². The Kier molecular flexibility index (Phi) is 8.45. The normalized spacial score (nSPS) is 12.8. The molecular formula is C32H24Cl2F2N6O2. The Labute approximate surface area is 259 Å². The molecule has 1 aliphatic rings. The van der Waals surface area contributed by atoms with E-state index in [0.29, 0.717) is 38.4 Å². The van der Waals surface area contributed by atoms with Crippen LogP contribution in [0.5, 0.6) is 0 Å². The van der Waals surface area contributed by atoms with Crippen LogP contribution < -0.4 is 11.1 Å². The van der Waals surface area contributed by atoms with Crippen LogP contribution in [0.2, 0.25) is 10.0 Å². The van der Waals surface area contributed by atoms with Crippen molar-refractivity contribution in [2.45, 2.75) is 32.4 Å². The van der Waals surface area contributed by atoms with Crippen molar-refractivity contribution in [2.24, 2.45) is 5.92 Å². The van der Waals surface area contributed by atoms with Crippen LogP contribution in [0.15, 0.2) is 94.8 Å². The predicted octanol–water partition coefficient (Wildman–Crippen LogP) is 6.90. The standard InChI is InChI=1S/C17H14ClN3O.C15H10ClF2N3O/c18-13-7-5-12(6-8-13)15-17(22)21(10-11-3-4-11)16-14(20-15)2-1-9-19-16;16-10-5-3-9(4-6-10)13-15(22)21(8-12(17)18)14-11(20-13)2-1-7-19-14/h1-2,5-9,11H,3-4,10H2;1-7,12H,8H2. The topological polar surface area (TPSA) is 95.6 Å². The van der Waals surface area contributed by atoms with Gasteiger partial charge in [0.05, 0.1) is 6.54 Å². The molecule has 0 unspecified atom stereocenters. The average Bonchev–Trinajstić information content (AvgIpc) is 3.85. The van der Waals surface area contributed by atoms with Crippen molar-refractivity contribution in [3.05, 3.63) is 116 Å². The number of alkyl halides is 2. The van der Waals surface area contributed by atoms with Crippen LogP contribution in [0.1, 0.15) is 12.8 Å². The summed E-state index contributed by atoms with van der Waals surface area (Å²) in [5, 5.41) is 1.16. The molecule has 44 heavy (non-hydrogen) atoms. The van der Waals surface area contributed by atoms with Gasteiger partial charge in [-0.1, -0.05) is 47.5 Å². The lowest BCUT2D eigenvalue weighted by atomic mass is 10.1. The summed E-state index contributed by atoms with van der Waals surface area (Å²) >= 11 is 11.7. The van der Waals surface area contributed by atoms with Crippen LogP contribution >= 0.6 is 23.2 Å². The number of nitrogens with zero attached hydrogens (tertiary/aromatic N) is 6. The van der Waals surface area contributed by atoms with Gasteiger partial charge >= 0.3 is 0 Å². The fourth-order valence-electron chi connectivity index (χ4n) is 4.78. The molecule has 12 heteroatoms. The summed E-state index contributed by atoms with van der Waals surface area (Å²) in [5.41, 5.74) is 3.10. The summed E-state index contributed by atoms with van der Waals surface area (Å²) in [5.74, 6) is 0.586. The van der Waals surface area contributed by atoms with E-state index in [1.165, 1.54) is 19.0 Å². The molecule has 0 amide bonds. The molecule has 0 bridgehead atoms. The van der Waals surface area contributed by atoms with Crippen molar-refractivity contribution in [1.29, 1.82) is 0 Å². The molecule has 0 atom stereocenters. The van der Waals surface area contributed by atoms with Gasteiger partial charge in [-0.2, -0.15) is 0 Å². The second-order valence-corrected chi connectivity index (χ2v) is 11.2. The van der Waals surface area contributed by atoms with E-state index < -0.39 is 18.5 Å². The van der Waals surface area contributed by atoms with Crippen molar-refractivity contribution in [2.75, 3.05) is 0 Å². The first-order valence-electron chi connectivity index (χ1n) is 13.8. The van der Waals surface area contributed by atoms with Gasteiger partial charge < -0.3 is 0 Å². The Bertz CT molecular complexity index is 1940. The third-order valence-electron chi connectivity index (χ3n) is 7.10. The van der Waals surface area contributed by atoms with Gasteiger partial charge in [-0.25, -0.2) is 28.7 Å². The number of aromatic nitrogens is 6. The Balaban J connectivity index is 0.000000156. The van der Waals surface area contributed by atoms with Crippen molar-refractivity contribution < 1.29 is 8.78 Å². The molecule has 0 saturated heterocycles. The van der Waals surface area contributed by atoms with Gasteiger partial charge in [0.25, 0.3) is 17.5 Å². The molecule has 1 fully saturated rings. The molecule has 4 heterocycles. The van der Waals surface area contributed by atoms with E-state index in [1.54, 1.807) is 59.3 Å². The molecule has 222 valence electrons. The summed E-state index contributed by atoms with van der Waals surface area (Å²) < 4.78 is 28.3. The van der Waals surface area contributed by atoms with Gasteiger partial charge in [0.1, 0.15) is 22.4 Å². The zero-order valence-corrected chi connectivity index (χ0v) is 24.6. The van der Waals surface area contributed by atoms with Crippen molar-refractivity contribution in [3.8, 4) is 22.5 Å². The van der Waals surface area contributed by atoms with Crippen LogP contribution in [0.25, 0.3) is 44.8 Å². The van der Waals surface area contributed by atoms with Gasteiger partial charge in [0, 0.05) is 40.1 Å². The van der Waals surface area contributed by atoms with E-state index in [0.717, 1.165) is 22.2 Å². The predicted molar refractivity (Wildman–Crippen MR) is 167 cm³/mol. The fraction of sp³-hybridized carbons (Fsp3) is 0.188. The van der Waals surface area contributed by atoms with Crippen LogP contribution in [-0.2, 0) is 13.1 Å². The highest BCUT2D eigenvalue weighted by molar-refractivity contribution is 6.30. The molecule has 8 nitrogen and oxygen atoms in total. The monoisotopic (exact) mass is 632 g/mol. The lowest BCUT2D eigenvalue weighted by Crippen LogP contribution is -2.27. The molecule has 1 aliphatic carbocycles. The maximum absolute atomic E-state index is 12.9. The van der Waals surface area contributed by atoms with E-state index in [4.69, 9.17) is 23.2 Å². The molecule has 6 aromatic rings. The van der Waals surface area contributed by atoms with E-state index >= 15 is 0 Å². The first kappa shape index (κ1) is 29.5. The summed E-state index contributed by atoms with van der Waals surface area (Å²) in [6.45, 7) is -0.00902. The summed E-state index contributed by atoms with van der Waals surface area (Å²) in [7, 11) is 0. The Morgan fingerprint density at radius 3 is 1.61 bits per heavy atom. The molecular weight excluding hydrogens is 609 g/mol. The minimum absolute atomic E-state index is 0.0829. The number of fused-ring (bicyclic) bond motifs is 2. The number of pyridine rings is 2. The van der Waals surface area contributed by atoms with Gasteiger partial charge in [0.15, 0.2) is 11.3 Å². The summed E-state index contributed by atoms with van der Waals surface area (Å²) in [6.07, 6.45) is 2.84.